The van der Waals surface area contributed by atoms with Crippen LogP contribution in [0.3, 0.4) is 0 Å². The van der Waals surface area contributed by atoms with Crippen molar-refractivity contribution in [2.75, 3.05) is 14.2 Å². The Labute approximate surface area is 365 Å². The van der Waals surface area contributed by atoms with Crippen molar-refractivity contribution in [3.8, 4) is 23.0 Å². The van der Waals surface area contributed by atoms with Crippen molar-refractivity contribution in [3.63, 3.8) is 0 Å². The number of fused-ring (bicyclic) bond motifs is 2. The molecule has 56 heavy (non-hydrogen) atoms. The van der Waals surface area contributed by atoms with Crippen LogP contribution in [-0.2, 0) is 9.13 Å². The molecule has 18 heteroatoms. The molecule has 282 valence electrons. The zero-order valence-electron chi connectivity index (χ0n) is 31.2. The second kappa shape index (κ2) is 22.3. The van der Waals surface area contributed by atoms with Gasteiger partial charge in [-0.25, -0.2) is 14.2 Å². The Bertz CT molecular complexity index is 2310. The van der Waals surface area contributed by atoms with Gasteiger partial charge in [-0.1, -0.05) is 50.3 Å². The van der Waals surface area contributed by atoms with Crippen LogP contribution in [0.2, 0.25) is 0 Å². The van der Waals surface area contributed by atoms with Crippen LogP contribution in [-0.4, -0.2) is 24.0 Å². The predicted octanol–water partition coefficient (Wildman–Crippen LogP) is 0.657. The fourth-order valence-electron chi connectivity index (χ4n) is 4.85. The first-order chi connectivity index (χ1) is 25.7. The number of methoxy groups -OCH3 is 2. The zero-order chi connectivity index (χ0) is 39.5. The third-order valence-corrected chi connectivity index (χ3v) is 7.99. The molecule has 0 bridgehead atoms. The molecule has 0 atom stereocenters. The number of hydrogen-bond donors (Lipinski definition) is 2. The average Bonchev–Trinajstić information content (AvgIpc) is 3.13. The van der Waals surface area contributed by atoms with Crippen molar-refractivity contribution < 1.29 is 115 Å². The maximum Gasteiger partial charge on any atom is 1.00 e. The summed E-state index contributed by atoms with van der Waals surface area (Å²) in [6.45, 7) is 4.00. The minimum absolute atomic E-state index is 0. The van der Waals surface area contributed by atoms with E-state index in [1.54, 1.807) is 85.0 Å². The summed E-state index contributed by atoms with van der Waals surface area (Å²) < 4.78 is 51.5. The van der Waals surface area contributed by atoms with E-state index in [4.69, 9.17) is 28.1 Å². The molecular formula is C38H34Na2O14P2. The van der Waals surface area contributed by atoms with Crippen LogP contribution >= 0.6 is 15.6 Å². The molecule has 0 unspecified atom stereocenters. The number of phosphoric ester groups is 2. The quantitative estimate of drug-likeness (QED) is 0.0840. The maximum atomic E-state index is 11.6. The summed E-state index contributed by atoms with van der Waals surface area (Å²) >= 11 is 0. The van der Waals surface area contributed by atoms with Gasteiger partial charge in [0.15, 0.2) is 0 Å². The third kappa shape index (κ3) is 14.3. The Hall–Kier alpha value is -3.72. The van der Waals surface area contributed by atoms with Crippen LogP contribution in [0.15, 0.2) is 115 Å². The zero-order valence-corrected chi connectivity index (χ0v) is 37.0. The van der Waals surface area contributed by atoms with E-state index in [9.17, 15) is 28.5 Å². The van der Waals surface area contributed by atoms with Crippen molar-refractivity contribution in [1.29, 1.82) is 0 Å². The second-order valence-electron chi connectivity index (χ2n) is 10.6. The summed E-state index contributed by atoms with van der Waals surface area (Å²) in [4.78, 5) is 61.9. The Kier molecular flexibility index (Phi) is 19.3. The summed E-state index contributed by atoms with van der Waals surface area (Å²) in [6, 6.07) is 25.2. The Morgan fingerprint density at radius 1 is 0.554 bits per heavy atom. The van der Waals surface area contributed by atoms with Crippen molar-refractivity contribution in [2.24, 2.45) is 0 Å². The van der Waals surface area contributed by atoms with Gasteiger partial charge in [-0.2, -0.15) is 0 Å². The van der Waals surface area contributed by atoms with Crippen LogP contribution < -0.4 is 98.7 Å². The first kappa shape index (κ1) is 48.4. The van der Waals surface area contributed by atoms with Crippen LogP contribution in [0.5, 0.6) is 23.0 Å². The van der Waals surface area contributed by atoms with Gasteiger partial charge in [0, 0.05) is 22.9 Å². The first-order valence-electron chi connectivity index (χ1n) is 16.0. The van der Waals surface area contributed by atoms with Crippen molar-refractivity contribution in [1.82, 2.24) is 0 Å². The van der Waals surface area contributed by atoms with Gasteiger partial charge in [0.05, 0.1) is 25.3 Å². The number of ether oxygens (including phenoxy) is 2. The number of rotatable bonds is 10. The van der Waals surface area contributed by atoms with E-state index in [0.29, 0.717) is 39.4 Å². The summed E-state index contributed by atoms with van der Waals surface area (Å²) in [7, 11) is -6.64. The van der Waals surface area contributed by atoms with E-state index in [0.717, 1.165) is 16.3 Å². The van der Waals surface area contributed by atoms with Gasteiger partial charge in [-0.05, 0) is 83.9 Å². The van der Waals surface area contributed by atoms with E-state index in [2.05, 4.69) is 9.05 Å². The van der Waals surface area contributed by atoms with E-state index in [1.165, 1.54) is 50.6 Å². The molecule has 0 aliphatic rings. The molecule has 0 spiro atoms. The van der Waals surface area contributed by atoms with Gasteiger partial charge >= 0.3 is 78.2 Å². The fraction of sp³-hybridized carbons (Fsp3) is 0.105. The molecule has 0 fully saturated rings. The molecule has 0 radical (unpaired) electrons. The molecule has 0 saturated heterocycles. The molecule has 0 aliphatic carbocycles. The van der Waals surface area contributed by atoms with Crippen molar-refractivity contribution in [2.45, 2.75) is 13.8 Å². The standard InChI is InChI=1S/2C18H15O7P.C2H6.2Na/c2*1-23-16-10-5-13-6-11-17(19)24-18(13)15(16)9-4-12-2-7-14(8-3-12)25-26(20,21)22;1-2;;/h2*2-11H,1H3,(H2,20,21,22);1-2H3;;/q;;;2*+1/p-2/b2*9-4+;;;. The number of hydrogen-bond acceptors (Lipinski definition) is 12. The van der Waals surface area contributed by atoms with Crippen LogP contribution in [0, 0.1) is 0 Å². The van der Waals surface area contributed by atoms with Gasteiger partial charge in [-0.3, -0.25) is 9.79 Å². The monoisotopic (exact) mass is 822 g/mol. The normalized spacial score (nSPS) is 11.1. The fourth-order valence-corrected chi connectivity index (χ4v) is 5.62. The number of benzene rings is 4. The van der Waals surface area contributed by atoms with Crippen LogP contribution in [0.4, 0.5) is 0 Å². The molecule has 2 N–H and O–H groups in total. The van der Waals surface area contributed by atoms with Gasteiger partial charge in [0.2, 0.25) is 0 Å². The first-order valence-corrected chi connectivity index (χ1v) is 19.0. The Balaban J connectivity index is 0.000000358. The average molecular weight is 823 g/mol. The van der Waals surface area contributed by atoms with Crippen LogP contribution in [0.25, 0.3) is 46.2 Å². The van der Waals surface area contributed by atoms with Gasteiger partial charge in [0.1, 0.15) is 42.0 Å². The molecular weight excluding hydrogens is 788 g/mol. The Morgan fingerprint density at radius 3 is 1.25 bits per heavy atom. The molecule has 14 nitrogen and oxygen atoms in total. The van der Waals surface area contributed by atoms with E-state index < -0.39 is 26.9 Å². The summed E-state index contributed by atoms with van der Waals surface area (Å²) in [5.41, 5.74) is 2.54. The van der Waals surface area contributed by atoms with Crippen LogP contribution in [0.1, 0.15) is 36.1 Å². The van der Waals surface area contributed by atoms with Crippen molar-refractivity contribution >= 4 is 61.9 Å². The maximum absolute atomic E-state index is 11.6. The van der Waals surface area contributed by atoms with Gasteiger partial charge in [0.25, 0.3) is 0 Å². The molecule has 6 rings (SSSR count). The third-order valence-electron chi connectivity index (χ3n) is 7.10. The predicted molar refractivity (Wildman–Crippen MR) is 201 cm³/mol. The molecule has 4 aromatic carbocycles. The topological polar surface area (TPSA) is 218 Å². The van der Waals surface area contributed by atoms with E-state index >= 15 is 0 Å². The molecule has 6 aromatic rings. The largest absolute Gasteiger partial charge is 1.00 e. The summed E-state index contributed by atoms with van der Waals surface area (Å²) in [6.07, 6.45) is 6.93. The molecule has 0 amide bonds. The smallest absolute Gasteiger partial charge is 0.780 e. The molecule has 2 heterocycles. The summed E-state index contributed by atoms with van der Waals surface area (Å²) in [5, 5.41) is 1.51. The second-order valence-corrected chi connectivity index (χ2v) is 12.9. The van der Waals surface area contributed by atoms with Gasteiger partial charge < -0.3 is 41.7 Å². The van der Waals surface area contributed by atoms with E-state index in [-0.39, 0.29) is 70.6 Å². The minimum Gasteiger partial charge on any atom is -0.780 e. The Morgan fingerprint density at radius 2 is 0.911 bits per heavy atom. The van der Waals surface area contributed by atoms with Crippen molar-refractivity contribution in [3.05, 3.63) is 140 Å². The number of phosphoric acid groups is 2. The minimum atomic E-state index is -5.09. The molecule has 0 aliphatic heterocycles. The molecule has 2 aromatic heterocycles. The van der Waals surface area contributed by atoms with Gasteiger partial charge in [-0.15, -0.1) is 0 Å². The molecule has 0 saturated carbocycles. The van der Waals surface area contributed by atoms with E-state index in [1.807, 2.05) is 13.8 Å². The summed E-state index contributed by atoms with van der Waals surface area (Å²) in [5.74, 6) is 1.07. The SMILES string of the molecule is CC.COc1ccc2ccc(=O)oc2c1/C=C/c1ccc(OP(=O)(O)O)cc1.COc1ccc2ccc(=O)oc2c1/C=C/c1ccc(OP(=O)([O-])[O-])cc1.[Na+].[Na+].